The second kappa shape index (κ2) is 8.93. The van der Waals surface area contributed by atoms with E-state index >= 15 is 0 Å². The number of nitrogens with zero attached hydrogens (tertiary/aromatic N) is 1. The van der Waals surface area contributed by atoms with Gasteiger partial charge in [-0.25, -0.2) is 18.0 Å². The standard InChI is InChI=1S/C23H12F5NO5/c1-10(32-22-19(27)17(25)16(24)18(26)20(22)28)23(31)33-12-4-5-13-14(8-12)34-15(21(13)30)7-11-3-2-6-29-9-11/h2-10H,1H3/b15-7-. The molecule has 34 heavy (non-hydrogen) atoms. The number of ketones is 1. The molecule has 0 spiro atoms. The van der Waals surface area contributed by atoms with Crippen molar-refractivity contribution in [2.24, 2.45) is 0 Å². The lowest BCUT2D eigenvalue weighted by molar-refractivity contribution is -0.141. The molecule has 1 unspecified atom stereocenters. The van der Waals surface area contributed by atoms with Gasteiger partial charge in [-0.2, -0.15) is 8.78 Å². The van der Waals surface area contributed by atoms with E-state index in [2.05, 4.69) is 9.72 Å². The van der Waals surface area contributed by atoms with Gasteiger partial charge in [-0.3, -0.25) is 9.78 Å². The number of ether oxygens (including phenoxy) is 3. The molecule has 1 atom stereocenters. The Hall–Kier alpha value is -4.28. The molecular formula is C23H12F5NO5. The van der Waals surface area contributed by atoms with Crippen LogP contribution in [0.2, 0.25) is 0 Å². The van der Waals surface area contributed by atoms with Crippen molar-refractivity contribution >= 4 is 17.8 Å². The third kappa shape index (κ3) is 4.19. The molecule has 3 aromatic rings. The van der Waals surface area contributed by atoms with Gasteiger partial charge < -0.3 is 14.2 Å². The predicted octanol–water partition coefficient (Wildman–Crippen LogP) is 4.77. The molecule has 0 aliphatic carbocycles. The Morgan fingerprint density at radius 2 is 1.71 bits per heavy atom. The van der Waals surface area contributed by atoms with E-state index in [0.29, 0.717) is 5.56 Å². The van der Waals surface area contributed by atoms with Crippen molar-refractivity contribution in [2.75, 3.05) is 0 Å². The third-order valence-corrected chi connectivity index (χ3v) is 4.64. The van der Waals surface area contributed by atoms with Gasteiger partial charge in [-0.1, -0.05) is 6.07 Å². The second-order valence-electron chi connectivity index (χ2n) is 6.96. The Morgan fingerprint density at radius 3 is 2.35 bits per heavy atom. The molecule has 0 saturated carbocycles. The predicted molar refractivity (Wildman–Crippen MR) is 106 cm³/mol. The average molecular weight is 477 g/mol. The van der Waals surface area contributed by atoms with Crippen molar-refractivity contribution in [1.29, 1.82) is 0 Å². The highest BCUT2D eigenvalue weighted by molar-refractivity contribution is 6.14. The molecule has 0 saturated heterocycles. The van der Waals surface area contributed by atoms with Crippen molar-refractivity contribution in [3.63, 3.8) is 0 Å². The van der Waals surface area contributed by atoms with Crippen molar-refractivity contribution in [1.82, 2.24) is 4.98 Å². The molecule has 0 N–H and O–H groups in total. The molecule has 11 heteroatoms. The molecule has 1 aliphatic heterocycles. The molecule has 6 nitrogen and oxygen atoms in total. The molecule has 2 aromatic carbocycles. The number of pyridine rings is 1. The summed E-state index contributed by atoms with van der Waals surface area (Å²) in [5.74, 6) is -14.5. The first kappa shape index (κ1) is 22.9. The van der Waals surface area contributed by atoms with E-state index in [9.17, 15) is 31.5 Å². The van der Waals surface area contributed by atoms with Gasteiger partial charge in [0.25, 0.3) is 0 Å². The van der Waals surface area contributed by atoms with Crippen LogP contribution in [0.25, 0.3) is 6.08 Å². The normalized spacial score (nSPS) is 14.5. The number of fused-ring (bicyclic) bond motifs is 1. The minimum absolute atomic E-state index is 0.00879. The number of rotatable bonds is 5. The van der Waals surface area contributed by atoms with Crippen LogP contribution in [0.4, 0.5) is 22.0 Å². The topological polar surface area (TPSA) is 74.7 Å². The molecule has 0 fully saturated rings. The molecule has 2 heterocycles. The third-order valence-electron chi connectivity index (χ3n) is 4.64. The highest BCUT2D eigenvalue weighted by Gasteiger charge is 2.31. The summed E-state index contributed by atoms with van der Waals surface area (Å²) in [6.07, 6.45) is 2.79. The van der Waals surface area contributed by atoms with Gasteiger partial charge in [-0.15, -0.1) is 0 Å². The highest BCUT2D eigenvalue weighted by Crippen LogP contribution is 2.35. The van der Waals surface area contributed by atoms with Crippen LogP contribution in [-0.2, 0) is 4.79 Å². The van der Waals surface area contributed by atoms with Crippen LogP contribution in [0.1, 0.15) is 22.8 Å². The van der Waals surface area contributed by atoms with Crippen LogP contribution in [0.3, 0.4) is 0 Å². The Bertz CT molecular complexity index is 1310. The van der Waals surface area contributed by atoms with Crippen LogP contribution >= 0.6 is 0 Å². The summed E-state index contributed by atoms with van der Waals surface area (Å²) in [6.45, 7) is 0.989. The van der Waals surface area contributed by atoms with Gasteiger partial charge in [0.15, 0.2) is 17.6 Å². The van der Waals surface area contributed by atoms with Crippen LogP contribution in [0.5, 0.6) is 17.2 Å². The van der Waals surface area contributed by atoms with Gasteiger partial charge in [0.05, 0.1) is 5.56 Å². The smallest absolute Gasteiger partial charge is 0.352 e. The summed E-state index contributed by atoms with van der Waals surface area (Å²) in [7, 11) is 0. The lowest BCUT2D eigenvalue weighted by Gasteiger charge is -2.15. The van der Waals surface area contributed by atoms with Crippen LogP contribution in [-0.4, -0.2) is 22.8 Å². The van der Waals surface area contributed by atoms with E-state index in [1.54, 1.807) is 18.3 Å². The fourth-order valence-corrected chi connectivity index (χ4v) is 2.96. The molecule has 4 rings (SSSR count). The molecule has 0 bridgehead atoms. The summed E-state index contributed by atoms with van der Waals surface area (Å²) in [6, 6.07) is 7.20. The Labute approximate surface area is 188 Å². The lowest BCUT2D eigenvalue weighted by atomic mass is 10.1. The van der Waals surface area contributed by atoms with E-state index in [-0.39, 0.29) is 22.8 Å². The highest BCUT2D eigenvalue weighted by atomic mass is 19.2. The minimum Gasteiger partial charge on any atom is -0.473 e. The second-order valence-corrected chi connectivity index (χ2v) is 6.96. The molecule has 174 valence electrons. The number of carbonyl (C=O) groups is 2. The minimum atomic E-state index is -2.36. The first-order valence-corrected chi connectivity index (χ1v) is 9.55. The lowest BCUT2D eigenvalue weighted by Crippen LogP contribution is -2.29. The Kier molecular flexibility index (Phi) is 6.01. The molecular weight excluding hydrogens is 465 g/mol. The van der Waals surface area contributed by atoms with Crippen molar-refractivity contribution < 1.29 is 45.8 Å². The average Bonchev–Trinajstić information content (AvgIpc) is 3.14. The first-order valence-electron chi connectivity index (χ1n) is 9.55. The fraction of sp³-hybridized carbons (Fsp3) is 0.0870. The number of halogens is 5. The van der Waals surface area contributed by atoms with Gasteiger partial charge in [0.2, 0.25) is 34.9 Å². The summed E-state index contributed by atoms with van der Waals surface area (Å²) < 4.78 is 82.5. The summed E-state index contributed by atoms with van der Waals surface area (Å²) >= 11 is 0. The van der Waals surface area contributed by atoms with E-state index in [4.69, 9.17) is 9.47 Å². The van der Waals surface area contributed by atoms with Gasteiger partial charge in [-0.05, 0) is 36.8 Å². The number of benzene rings is 2. The van der Waals surface area contributed by atoms with E-state index < -0.39 is 52.7 Å². The van der Waals surface area contributed by atoms with Crippen molar-refractivity contribution in [3.05, 3.63) is 88.7 Å². The van der Waals surface area contributed by atoms with Gasteiger partial charge in [0, 0.05) is 18.5 Å². The number of allylic oxidation sites excluding steroid dienone is 1. The Balaban J connectivity index is 1.49. The maximum absolute atomic E-state index is 13.8. The number of hydrogen-bond acceptors (Lipinski definition) is 6. The zero-order valence-electron chi connectivity index (χ0n) is 17.1. The number of carbonyl (C=O) groups excluding carboxylic acids is 2. The van der Waals surface area contributed by atoms with Crippen LogP contribution < -0.4 is 14.2 Å². The van der Waals surface area contributed by atoms with Crippen LogP contribution in [0, 0.1) is 29.1 Å². The summed E-state index contributed by atoms with van der Waals surface area (Å²) in [5.41, 5.74) is 0.810. The van der Waals surface area contributed by atoms with Crippen molar-refractivity contribution in [2.45, 2.75) is 13.0 Å². The van der Waals surface area contributed by atoms with Crippen molar-refractivity contribution in [3.8, 4) is 17.2 Å². The number of Topliss-reactive ketones (excluding diaryl/α,β-unsaturated/α-hetero) is 1. The molecule has 1 aliphatic rings. The van der Waals surface area contributed by atoms with E-state index in [1.165, 1.54) is 30.5 Å². The zero-order valence-corrected chi connectivity index (χ0v) is 17.1. The zero-order chi connectivity index (χ0) is 24.6. The monoisotopic (exact) mass is 477 g/mol. The molecule has 1 aromatic heterocycles. The molecule has 0 radical (unpaired) electrons. The quantitative estimate of drug-likeness (QED) is 0.132. The maximum atomic E-state index is 13.8. The largest absolute Gasteiger partial charge is 0.473 e. The summed E-state index contributed by atoms with van der Waals surface area (Å²) in [5, 5.41) is 0. The first-order chi connectivity index (χ1) is 16.2. The number of esters is 1. The maximum Gasteiger partial charge on any atom is 0.352 e. The van der Waals surface area contributed by atoms with Gasteiger partial charge in [0.1, 0.15) is 11.5 Å². The van der Waals surface area contributed by atoms with E-state index in [1.807, 2.05) is 0 Å². The van der Waals surface area contributed by atoms with E-state index in [0.717, 1.165) is 6.92 Å². The van der Waals surface area contributed by atoms with Gasteiger partial charge >= 0.3 is 5.97 Å². The number of hydrogen-bond donors (Lipinski definition) is 0. The SMILES string of the molecule is CC(Oc1c(F)c(F)c(F)c(F)c1F)C(=O)Oc1ccc2c(c1)O/C(=C\c1cccnc1)C2=O. The number of aromatic nitrogens is 1. The summed E-state index contributed by atoms with van der Waals surface area (Å²) in [4.78, 5) is 28.7. The molecule has 0 amide bonds. The van der Waals surface area contributed by atoms with Crippen LogP contribution in [0.15, 0.2) is 48.5 Å². The fourth-order valence-electron chi connectivity index (χ4n) is 2.96. The Morgan fingerprint density at radius 1 is 1.03 bits per heavy atom.